The third-order valence-corrected chi connectivity index (χ3v) is 1.77. The average Bonchev–Trinajstić information content (AvgIpc) is 2.75. The zero-order valence-electron chi connectivity index (χ0n) is 6.50. The van der Waals surface area contributed by atoms with Crippen LogP contribution in [0.3, 0.4) is 0 Å². The van der Waals surface area contributed by atoms with Gasteiger partial charge in [0.1, 0.15) is 11.8 Å². The summed E-state index contributed by atoms with van der Waals surface area (Å²) < 4.78 is 30.9. The van der Waals surface area contributed by atoms with Crippen LogP contribution in [0.2, 0.25) is 0 Å². The molecule has 0 amide bonds. The molecule has 0 aliphatic carbocycles. The summed E-state index contributed by atoms with van der Waals surface area (Å²) in [5, 5.41) is 3.66. The molecule has 1 saturated heterocycles. The predicted molar refractivity (Wildman–Crippen MR) is 36.9 cm³/mol. The number of hydrogen-bond donors (Lipinski definition) is 0. The minimum atomic E-state index is -2.51. The summed E-state index contributed by atoms with van der Waals surface area (Å²) in [6.45, 7) is 0.533. The number of rotatable bonds is 2. The Bertz CT molecular complexity index is 274. The lowest BCUT2D eigenvalue weighted by atomic mass is 10.2. The summed E-state index contributed by atoms with van der Waals surface area (Å²) in [6, 6.07) is 0. The van der Waals surface area contributed by atoms with Gasteiger partial charge in [-0.3, -0.25) is 4.68 Å². The van der Waals surface area contributed by atoms with E-state index in [1.54, 1.807) is 13.2 Å². The third kappa shape index (κ3) is 1.20. The molecular weight excluding hydrogens is 166 g/mol. The van der Waals surface area contributed by atoms with Crippen molar-refractivity contribution in [2.75, 3.05) is 6.61 Å². The molecule has 1 atom stereocenters. The molecule has 0 aromatic carbocycles. The van der Waals surface area contributed by atoms with Gasteiger partial charge in [0.2, 0.25) is 0 Å². The molecule has 1 aromatic rings. The molecule has 5 heteroatoms. The van der Waals surface area contributed by atoms with E-state index in [0.29, 0.717) is 12.2 Å². The van der Waals surface area contributed by atoms with Gasteiger partial charge in [-0.1, -0.05) is 0 Å². The molecule has 1 fully saturated rings. The Morgan fingerprint density at radius 3 is 2.92 bits per heavy atom. The molecular formula is C7H8F2N2O. The number of alkyl halides is 2. The molecule has 12 heavy (non-hydrogen) atoms. The van der Waals surface area contributed by atoms with Gasteiger partial charge in [0.25, 0.3) is 6.43 Å². The summed E-state index contributed by atoms with van der Waals surface area (Å²) in [5.74, 6) is 0. The Kier molecular flexibility index (Phi) is 1.61. The maximum Gasteiger partial charge on any atom is 0.282 e. The zero-order valence-corrected chi connectivity index (χ0v) is 6.50. The highest BCUT2D eigenvalue weighted by atomic mass is 19.3. The minimum Gasteiger partial charge on any atom is -0.368 e. The third-order valence-electron chi connectivity index (χ3n) is 1.77. The average molecular weight is 174 g/mol. The second-order valence-electron chi connectivity index (χ2n) is 2.77. The molecule has 2 heterocycles. The summed E-state index contributed by atoms with van der Waals surface area (Å²) >= 11 is 0. The first kappa shape index (κ1) is 7.67. The van der Waals surface area contributed by atoms with Crippen LogP contribution in [0.15, 0.2) is 6.20 Å². The SMILES string of the molecule is Cn1cc(C2CO2)c(C(F)F)n1. The van der Waals surface area contributed by atoms with Crippen molar-refractivity contribution < 1.29 is 13.5 Å². The fourth-order valence-corrected chi connectivity index (χ4v) is 1.17. The molecule has 0 N–H and O–H groups in total. The summed E-state index contributed by atoms with van der Waals surface area (Å²) in [5.41, 5.74) is 0.368. The number of epoxide rings is 1. The van der Waals surface area contributed by atoms with Crippen LogP contribution in [-0.4, -0.2) is 16.4 Å². The first-order valence-corrected chi connectivity index (χ1v) is 3.61. The van der Waals surface area contributed by atoms with E-state index in [2.05, 4.69) is 5.10 Å². The van der Waals surface area contributed by atoms with E-state index in [4.69, 9.17) is 4.74 Å². The van der Waals surface area contributed by atoms with Gasteiger partial charge in [0.15, 0.2) is 0 Å². The normalized spacial score (nSPS) is 21.8. The van der Waals surface area contributed by atoms with Gasteiger partial charge >= 0.3 is 0 Å². The second-order valence-corrected chi connectivity index (χ2v) is 2.77. The molecule has 1 unspecified atom stereocenters. The van der Waals surface area contributed by atoms with Crippen LogP contribution in [0, 0.1) is 0 Å². The zero-order chi connectivity index (χ0) is 8.72. The van der Waals surface area contributed by atoms with Crippen LogP contribution in [0.4, 0.5) is 8.78 Å². The highest BCUT2D eigenvalue weighted by Gasteiger charge is 2.32. The van der Waals surface area contributed by atoms with E-state index in [0.717, 1.165) is 0 Å². The van der Waals surface area contributed by atoms with Gasteiger partial charge in [0.05, 0.1) is 6.61 Å². The predicted octanol–water partition coefficient (Wildman–Crippen LogP) is 1.43. The van der Waals surface area contributed by atoms with Crippen molar-refractivity contribution in [3.63, 3.8) is 0 Å². The van der Waals surface area contributed by atoms with E-state index in [9.17, 15) is 8.78 Å². The van der Waals surface area contributed by atoms with E-state index in [-0.39, 0.29) is 11.8 Å². The maximum absolute atomic E-state index is 12.3. The van der Waals surface area contributed by atoms with Crippen LogP contribution >= 0.6 is 0 Å². The van der Waals surface area contributed by atoms with E-state index in [1.165, 1.54) is 4.68 Å². The van der Waals surface area contributed by atoms with Crippen molar-refractivity contribution in [1.29, 1.82) is 0 Å². The Balaban J connectivity index is 2.36. The Morgan fingerprint density at radius 2 is 2.42 bits per heavy atom. The van der Waals surface area contributed by atoms with Gasteiger partial charge in [-0.25, -0.2) is 8.78 Å². The number of aromatic nitrogens is 2. The van der Waals surface area contributed by atoms with Crippen LogP contribution in [0.25, 0.3) is 0 Å². The van der Waals surface area contributed by atoms with Crippen molar-refractivity contribution in [2.24, 2.45) is 7.05 Å². The van der Waals surface area contributed by atoms with E-state index in [1.807, 2.05) is 0 Å². The summed E-state index contributed by atoms with van der Waals surface area (Å²) in [4.78, 5) is 0. The maximum atomic E-state index is 12.3. The molecule has 0 bridgehead atoms. The lowest BCUT2D eigenvalue weighted by Gasteiger charge is -1.94. The van der Waals surface area contributed by atoms with E-state index >= 15 is 0 Å². The van der Waals surface area contributed by atoms with Gasteiger partial charge < -0.3 is 4.74 Å². The second kappa shape index (κ2) is 2.52. The summed E-state index contributed by atoms with van der Waals surface area (Å²) in [6.07, 6.45) is -1.08. The number of ether oxygens (including phenoxy) is 1. The van der Waals surface area contributed by atoms with Crippen LogP contribution < -0.4 is 0 Å². The highest BCUT2D eigenvalue weighted by Crippen LogP contribution is 2.35. The lowest BCUT2D eigenvalue weighted by molar-refractivity contribution is 0.143. The lowest BCUT2D eigenvalue weighted by Crippen LogP contribution is -1.92. The highest BCUT2D eigenvalue weighted by molar-refractivity contribution is 5.23. The number of nitrogens with zero attached hydrogens (tertiary/aromatic N) is 2. The summed E-state index contributed by atoms with van der Waals surface area (Å²) in [7, 11) is 1.62. The van der Waals surface area contributed by atoms with Crippen LogP contribution in [-0.2, 0) is 11.8 Å². The molecule has 0 spiro atoms. The fourth-order valence-electron chi connectivity index (χ4n) is 1.17. The topological polar surface area (TPSA) is 30.4 Å². The van der Waals surface area contributed by atoms with Gasteiger partial charge in [-0.15, -0.1) is 0 Å². The Hall–Kier alpha value is -0.970. The quantitative estimate of drug-likeness (QED) is 0.635. The Morgan fingerprint density at radius 1 is 1.75 bits per heavy atom. The molecule has 3 nitrogen and oxygen atoms in total. The standard InChI is InChI=1S/C7H8F2N2O/c1-11-2-4(5-3-12-5)6(10-11)7(8)9/h2,5,7H,3H2,1H3. The largest absolute Gasteiger partial charge is 0.368 e. The smallest absolute Gasteiger partial charge is 0.282 e. The minimum absolute atomic E-state index is 0.150. The van der Waals surface area contributed by atoms with Crippen molar-refractivity contribution in [3.8, 4) is 0 Å². The van der Waals surface area contributed by atoms with Crippen LogP contribution in [0.5, 0.6) is 0 Å². The first-order chi connectivity index (χ1) is 5.68. The van der Waals surface area contributed by atoms with Gasteiger partial charge in [0, 0.05) is 18.8 Å². The first-order valence-electron chi connectivity index (χ1n) is 3.61. The van der Waals surface area contributed by atoms with Crippen molar-refractivity contribution in [2.45, 2.75) is 12.5 Å². The van der Waals surface area contributed by atoms with Gasteiger partial charge in [-0.2, -0.15) is 5.10 Å². The molecule has 0 radical (unpaired) electrons. The monoisotopic (exact) mass is 174 g/mol. The molecule has 1 aliphatic heterocycles. The number of halogens is 2. The molecule has 0 saturated carbocycles. The fraction of sp³-hybridized carbons (Fsp3) is 0.571. The Labute approximate surface area is 67.9 Å². The molecule has 1 aromatic heterocycles. The number of aryl methyl sites for hydroxylation is 1. The number of hydrogen-bond acceptors (Lipinski definition) is 2. The van der Waals surface area contributed by atoms with Crippen molar-refractivity contribution in [1.82, 2.24) is 9.78 Å². The van der Waals surface area contributed by atoms with Crippen molar-refractivity contribution >= 4 is 0 Å². The molecule has 2 rings (SSSR count). The molecule has 66 valence electrons. The van der Waals surface area contributed by atoms with Gasteiger partial charge in [-0.05, 0) is 0 Å². The van der Waals surface area contributed by atoms with Crippen molar-refractivity contribution in [3.05, 3.63) is 17.5 Å². The van der Waals surface area contributed by atoms with Crippen LogP contribution in [0.1, 0.15) is 23.8 Å². The van der Waals surface area contributed by atoms with E-state index < -0.39 is 6.43 Å². The molecule has 1 aliphatic rings.